The third kappa shape index (κ3) is 4.63. The van der Waals surface area contributed by atoms with Crippen LogP contribution in [0.25, 0.3) is 0 Å². The molecule has 6 heteroatoms. The van der Waals surface area contributed by atoms with Gasteiger partial charge in [0.05, 0.1) is 12.2 Å². The largest absolute Gasteiger partial charge is 0.372 e. The lowest BCUT2D eigenvalue weighted by atomic mass is 10.1. The fourth-order valence-electron chi connectivity index (χ4n) is 3.66. The minimum atomic E-state index is 0.0562. The molecule has 0 unspecified atom stereocenters. The van der Waals surface area contributed by atoms with Gasteiger partial charge in [0.15, 0.2) is 0 Å². The molecule has 2 amide bonds. The molecular weight excluding hydrogens is 316 g/mol. The number of piperidine rings is 1. The van der Waals surface area contributed by atoms with Crippen molar-refractivity contribution < 1.29 is 9.53 Å². The lowest BCUT2D eigenvalue weighted by Crippen LogP contribution is -2.55. The fourth-order valence-corrected chi connectivity index (χ4v) is 3.66. The predicted octanol–water partition coefficient (Wildman–Crippen LogP) is 2.57. The summed E-state index contributed by atoms with van der Waals surface area (Å²) in [6, 6.07) is 6.43. The van der Waals surface area contributed by atoms with Gasteiger partial charge in [-0.15, -0.1) is 0 Å². The van der Waals surface area contributed by atoms with E-state index in [9.17, 15) is 4.79 Å². The van der Waals surface area contributed by atoms with Crippen LogP contribution in [-0.4, -0.2) is 60.3 Å². The third-order valence-electron chi connectivity index (χ3n) is 5.09. The molecule has 0 saturated carbocycles. The van der Waals surface area contributed by atoms with E-state index in [1.807, 2.05) is 24.8 Å². The fraction of sp³-hybridized carbons (Fsp3) is 0.684. The van der Waals surface area contributed by atoms with Crippen LogP contribution in [0.15, 0.2) is 18.2 Å². The van der Waals surface area contributed by atoms with E-state index in [1.165, 1.54) is 0 Å². The number of amides is 2. The summed E-state index contributed by atoms with van der Waals surface area (Å²) in [5.41, 5.74) is 1.04. The number of rotatable bonds is 3. The van der Waals surface area contributed by atoms with Gasteiger partial charge in [-0.05, 0) is 45.2 Å². The first-order valence-electron chi connectivity index (χ1n) is 9.44. The van der Waals surface area contributed by atoms with Crippen LogP contribution in [0.5, 0.6) is 0 Å². The third-order valence-corrected chi connectivity index (χ3v) is 5.09. The maximum atomic E-state index is 12.6. The number of ether oxygens (including phenoxy) is 1. The first-order chi connectivity index (χ1) is 12.0. The number of anilines is 1. The van der Waals surface area contributed by atoms with Crippen molar-refractivity contribution in [3.8, 4) is 0 Å². The molecule has 6 nitrogen and oxygen atoms in total. The Morgan fingerprint density at radius 1 is 1.32 bits per heavy atom. The molecule has 138 valence electrons. The average molecular weight is 346 g/mol. The molecule has 2 aliphatic rings. The Morgan fingerprint density at radius 2 is 2.08 bits per heavy atom. The zero-order valence-corrected chi connectivity index (χ0v) is 15.6. The molecule has 1 aromatic heterocycles. The van der Waals surface area contributed by atoms with Crippen LogP contribution in [0.3, 0.4) is 0 Å². The van der Waals surface area contributed by atoms with Crippen LogP contribution in [0.2, 0.25) is 0 Å². The van der Waals surface area contributed by atoms with E-state index in [1.54, 1.807) is 0 Å². The van der Waals surface area contributed by atoms with Gasteiger partial charge in [0, 0.05) is 37.9 Å². The number of nitrogens with zero attached hydrogens (tertiary/aromatic N) is 3. The molecule has 3 heterocycles. The van der Waals surface area contributed by atoms with Gasteiger partial charge in [0.1, 0.15) is 5.82 Å². The van der Waals surface area contributed by atoms with Gasteiger partial charge in [-0.1, -0.05) is 13.0 Å². The summed E-state index contributed by atoms with van der Waals surface area (Å²) >= 11 is 0. The average Bonchev–Trinajstić information content (AvgIpc) is 2.61. The van der Waals surface area contributed by atoms with Crippen molar-refractivity contribution in [1.29, 1.82) is 0 Å². The highest BCUT2D eigenvalue weighted by Crippen LogP contribution is 2.19. The maximum Gasteiger partial charge on any atom is 0.317 e. The SMILES string of the molecule is CC[C@H]1CN(C(=O)NC2CCN(c3cccc(C)n3)CC2)C[C@H](C)O1. The summed E-state index contributed by atoms with van der Waals surface area (Å²) < 4.78 is 5.84. The smallest absolute Gasteiger partial charge is 0.317 e. The highest BCUT2D eigenvalue weighted by Gasteiger charge is 2.29. The number of pyridine rings is 1. The Morgan fingerprint density at radius 3 is 2.76 bits per heavy atom. The Labute approximate surface area is 150 Å². The molecule has 1 aromatic rings. The van der Waals surface area contributed by atoms with Crippen molar-refractivity contribution in [3.05, 3.63) is 23.9 Å². The van der Waals surface area contributed by atoms with Crippen LogP contribution >= 0.6 is 0 Å². The lowest BCUT2D eigenvalue weighted by Gasteiger charge is -2.38. The molecule has 3 rings (SSSR count). The van der Waals surface area contributed by atoms with Gasteiger partial charge >= 0.3 is 6.03 Å². The summed E-state index contributed by atoms with van der Waals surface area (Å²) in [5.74, 6) is 1.04. The van der Waals surface area contributed by atoms with Gasteiger partial charge in [0.25, 0.3) is 0 Å². The summed E-state index contributed by atoms with van der Waals surface area (Å²) in [6.45, 7) is 9.39. The molecule has 2 fully saturated rings. The van der Waals surface area contributed by atoms with Crippen LogP contribution in [0, 0.1) is 6.92 Å². The minimum Gasteiger partial charge on any atom is -0.372 e. The van der Waals surface area contributed by atoms with Crippen LogP contribution < -0.4 is 10.2 Å². The Hall–Kier alpha value is -1.82. The first-order valence-corrected chi connectivity index (χ1v) is 9.44. The van der Waals surface area contributed by atoms with Crippen molar-refractivity contribution in [2.24, 2.45) is 0 Å². The normalized spacial score (nSPS) is 25.1. The zero-order valence-electron chi connectivity index (χ0n) is 15.6. The maximum absolute atomic E-state index is 12.6. The van der Waals surface area contributed by atoms with Gasteiger partial charge in [-0.2, -0.15) is 0 Å². The van der Waals surface area contributed by atoms with Crippen molar-refractivity contribution in [2.75, 3.05) is 31.1 Å². The van der Waals surface area contributed by atoms with Crippen molar-refractivity contribution >= 4 is 11.8 Å². The number of hydrogen-bond donors (Lipinski definition) is 1. The van der Waals surface area contributed by atoms with E-state index >= 15 is 0 Å². The van der Waals surface area contributed by atoms with E-state index in [0.29, 0.717) is 13.1 Å². The number of carbonyl (C=O) groups is 1. The highest BCUT2D eigenvalue weighted by molar-refractivity contribution is 5.74. The number of nitrogens with one attached hydrogen (secondary N) is 1. The number of morpholine rings is 1. The molecule has 2 aliphatic heterocycles. The number of hydrogen-bond acceptors (Lipinski definition) is 4. The second-order valence-corrected chi connectivity index (χ2v) is 7.23. The van der Waals surface area contributed by atoms with Crippen LogP contribution in [0.1, 0.15) is 38.8 Å². The molecule has 0 radical (unpaired) electrons. The van der Waals surface area contributed by atoms with E-state index in [2.05, 4.69) is 34.3 Å². The minimum absolute atomic E-state index is 0.0562. The van der Waals surface area contributed by atoms with Crippen molar-refractivity contribution in [3.63, 3.8) is 0 Å². The lowest BCUT2D eigenvalue weighted by molar-refractivity contribution is -0.0648. The molecule has 2 saturated heterocycles. The molecular formula is C19H30N4O2. The van der Waals surface area contributed by atoms with Crippen molar-refractivity contribution in [2.45, 2.75) is 58.3 Å². The van der Waals surface area contributed by atoms with Crippen LogP contribution in [0.4, 0.5) is 10.6 Å². The molecule has 1 N–H and O–H groups in total. The summed E-state index contributed by atoms with van der Waals surface area (Å²) in [5, 5.41) is 3.22. The Balaban J connectivity index is 1.49. The predicted molar refractivity (Wildman–Crippen MR) is 98.9 cm³/mol. The quantitative estimate of drug-likeness (QED) is 0.914. The van der Waals surface area contributed by atoms with Crippen LogP contribution in [-0.2, 0) is 4.74 Å². The first kappa shape index (κ1) is 18.0. The van der Waals surface area contributed by atoms with E-state index < -0.39 is 0 Å². The molecule has 2 atom stereocenters. The molecule has 0 bridgehead atoms. The Bertz CT molecular complexity index is 587. The van der Waals surface area contributed by atoms with Gasteiger partial charge in [0.2, 0.25) is 0 Å². The number of carbonyl (C=O) groups excluding carboxylic acids is 1. The highest BCUT2D eigenvalue weighted by atomic mass is 16.5. The number of aryl methyl sites for hydroxylation is 1. The second kappa shape index (κ2) is 8.04. The Kier molecular flexibility index (Phi) is 5.78. The molecule has 0 spiro atoms. The van der Waals surface area contributed by atoms with Gasteiger partial charge in [-0.25, -0.2) is 9.78 Å². The number of urea groups is 1. The van der Waals surface area contributed by atoms with Crippen molar-refractivity contribution in [1.82, 2.24) is 15.2 Å². The van der Waals surface area contributed by atoms with Gasteiger partial charge < -0.3 is 19.9 Å². The molecule has 25 heavy (non-hydrogen) atoms. The van der Waals surface area contributed by atoms with Gasteiger partial charge in [-0.3, -0.25) is 0 Å². The number of aromatic nitrogens is 1. The van der Waals surface area contributed by atoms with E-state index in [0.717, 1.165) is 43.9 Å². The summed E-state index contributed by atoms with van der Waals surface area (Å²) in [6.07, 6.45) is 3.12. The zero-order chi connectivity index (χ0) is 17.8. The summed E-state index contributed by atoms with van der Waals surface area (Å²) in [7, 11) is 0. The van der Waals surface area contributed by atoms with E-state index in [-0.39, 0.29) is 24.3 Å². The standard InChI is InChI=1S/C19H30N4O2/c1-4-17-13-23(12-15(3)25-17)19(24)21-16-8-10-22(11-9-16)18-7-5-6-14(2)20-18/h5-7,15-17H,4,8-13H2,1-3H3,(H,21,24)/t15-,17-/m0/s1. The molecule has 0 aliphatic carbocycles. The topological polar surface area (TPSA) is 57.7 Å². The van der Waals surface area contributed by atoms with E-state index in [4.69, 9.17) is 4.74 Å². The monoisotopic (exact) mass is 346 g/mol. The molecule has 0 aromatic carbocycles. The summed E-state index contributed by atoms with van der Waals surface area (Å²) in [4.78, 5) is 21.4. The second-order valence-electron chi connectivity index (χ2n) is 7.23.